The number of nitrogens with one attached hydrogen (secondary N) is 2. The topological polar surface area (TPSA) is 41.1 Å². The summed E-state index contributed by atoms with van der Waals surface area (Å²) in [6, 6.07) is 4.77. The van der Waals surface area contributed by atoms with Crippen molar-refractivity contribution in [3.05, 3.63) is 35.1 Å². The molecular formula is C12H17FN2O. The molecule has 0 fully saturated rings. The van der Waals surface area contributed by atoms with Gasteiger partial charge in [0.1, 0.15) is 5.82 Å². The number of halogens is 1. The minimum Gasteiger partial charge on any atom is -0.358 e. The molecule has 1 rings (SSSR count). The Morgan fingerprint density at radius 1 is 1.44 bits per heavy atom. The molecule has 1 aromatic rings. The Morgan fingerprint density at radius 3 is 2.81 bits per heavy atom. The maximum absolute atomic E-state index is 12.8. The molecule has 0 spiro atoms. The number of hydrogen-bond acceptors (Lipinski definition) is 2. The van der Waals surface area contributed by atoms with Gasteiger partial charge in [-0.05, 0) is 43.1 Å². The number of aryl methyl sites for hydroxylation is 1. The number of likely N-dealkylation sites (N-methyl/N-ethyl adjacent to an activating group) is 1. The zero-order valence-corrected chi connectivity index (χ0v) is 9.64. The third kappa shape index (κ3) is 3.98. The number of amides is 1. The summed E-state index contributed by atoms with van der Waals surface area (Å²) in [6.45, 7) is 2.91. The number of benzene rings is 1. The smallest absolute Gasteiger partial charge is 0.233 e. The highest BCUT2D eigenvalue weighted by molar-refractivity contribution is 5.77. The number of carbonyl (C=O) groups excluding carboxylic acids is 1. The molecule has 0 aliphatic carbocycles. The minimum atomic E-state index is -0.209. The van der Waals surface area contributed by atoms with Gasteiger partial charge in [0.05, 0.1) is 6.54 Å². The van der Waals surface area contributed by atoms with E-state index in [-0.39, 0.29) is 11.7 Å². The van der Waals surface area contributed by atoms with Crippen LogP contribution in [0.5, 0.6) is 0 Å². The monoisotopic (exact) mass is 224 g/mol. The van der Waals surface area contributed by atoms with Gasteiger partial charge in [-0.3, -0.25) is 4.79 Å². The average Bonchev–Trinajstić information content (AvgIpc) is 2.26. The molecule has 0 aromatic heterocycles. The molecule has 1 amide bonds. The van der Waals surface area contributed by atoms with Crippen LogP contribution in [0.4, 0.5) is 4.39 Å². The van der Waals surface area contributed by atoms with Crippen molar-refractivity contribution in [1.82, 2.24) is 10.6 Å². The van der Waals surface area contributed by atoms with Crippen LogP contribution in [0.1, 0.15) is 11.1 Å². The summed E-state index contributed by atoms with van der Waals surface area (Å²) in [4.78, 5) is 10.9. The highest BCUT2D eigenvalue weighted by atomic mass is 19.1. The van der Waals surface area contributed by atoms with Crippen LogP contribution in [0, 0.1) is 12.7 Å². The van der Waals surface area contributed by atoms with Crippen molar-refractivity contribution in [3.8, 4) is 0 Å². The molecule has 2 N–H and O–H groups in total. The SMILES string of the molecule is CNC(=O)CNCCc1ccc(F)cc1C. The van der Waals surface area contributed by atoms with E-state index in [0.29, 0.717) is 13.1 Å². The van der Waals surface area contributed by atoms with Crippen LogP contribution in [-0.2, 0) is 11.2 Å². The summed E-state index contributed by atoms with van der Waals surface area (Å²) < 4.78 is 12.8. The Kier molecular flexibility index (Phi) is 4.92. The predicted octanol–water partition coefficient (Wildman–Crippen LogP) is 1.01. The van der Waals surface area contributed by atoms with Crippen molar-refractivity contribution < 1.29 is 9.18 Å². The van der Waals surface area contributed by atoms with Gasteiger partial charge in [0.15, 0.2) is 0 Å². The molecule has 0 radical (unpaired) electrons. The first-order chi connectivity index (χ1) is 7.63. The molecule has 0 atom stereocenters. The predicted molar refractivity (Wildman–Crippen MR) is 61.8 cm³/mol. The second-order valence-electron chi connectivity index (χ2n) is 3.67. The molecule has 0 aliphatic heterocycles. The van der Waals surface area contributed by atoms with Gasteiger partial charge >= 0.3 is 0 Å². The fourth-order valence-corrected chi connectivity index (χ4v) is 1.45. The van der Waals surface area contributed by atoms with Gasteiger partial charge in [0, 0.05) is 7.05 Å². The van der Waals surface area contributed by atoms with E-state index in [0.717, 1.165) is 17.5 Å². The largest absolute Gasteiger partial charge is 0.358 e. The Labute approximate surface area is 95.0 Å². The van der Waals surface area contributed by atoms with Crippen LogP contribution in [0.25, 0.3) is 0 Å². The van der Waals surface area contributed by atoms with Gasteiger partial charge in [-0.15, -0.1) is 0 Å². The van der Waals surface area contributed by atoms with Crippen LogP contribution in [0.2, 0.25) is 0 Å². The first-order valence-electron chi connectivity index (χ1n) is 5.30. The highest BCUT2D eigenvalue weighted by Crippen LogP contribution is 2.10. The third-order valence-electron chi connectivity index (χ3n) is 2.44. The molecule has 0 heterocycles. The summed E-state index contributed by atoms with van der Waals surface area (Å²) in [5, 5.41) is 5.55. The molecule has 88 valence electrons. The second-order valence-corrected chi connectivity index (χ2v) is 3.67. The second kappa shape index (κ2) is 6.23. The Balaban J connectivity index is 2.35. The van der Waals surface area contributed by atoms with Crippen LogP contribution < -0.4 is 10.6 Å². The summed E-state index contributed by atoms with van der Waals surface area (Å²) in [7, 11) is 1.61. The minimum absolute atomic E-state index is 0.0316. The summed E-state index contributed by atoms with van der Waals surface area (Å²) >= 11 is 0. The molecule has 0 unspecified atom stereocenters. The lowest BCUT2D eigenvalue weighted by Crippen LogP contribution is -2.32. The van der Waals surface area contributed by atoms with E-state index >= 15 is 0 Å². The standard InChI is InChI=1S/C12H17FN2O/c1-9-7-11(13)4-3-10(9)5-6-15-8-12(16)14-2/h3-4,7,15H,5-6,8H2,1-2H3,(H,14,16). The molecule has 0 saturated heterocycles. The normalized spacial score (nSPS) is 10.2. The maximum atomic E-state index is 12.8. The number of hydrogen-bond donors (Lipinski definition) is 2. The van der Waals surface area contributed by atoms with E-state index in [4.69, 9.17) is 0 Å². The van der Waals surface area contributed by atoms with E-state index in [1.165, 1.54) is 12.1 Å². The van der Waals surface area contributed by atoms with Crippen LogP contribution in [0.15, 0.2) is 18.2 Å². The van der Waals surface area contributed by atoms with E-state index in [1.54, 1.807) is 13.1 Å². The van der Waals surface area contributed by atoms with Gasteiger partial charge in [-0.2, -0.15) is 0 Å². The molecular weight excluding hydrogens is 207 g/mol. The molecule has 0 aliphatic rings. The Morgan fingerprint density at radius 2 is 2.19 bits per heavy atom. The van der Waals surface area contributed by atoms with E-state index in [1.807, 2.05) is 6.92 Å². The zero-order chi connectivity index (χ0) is 12.0. The van der Waals surface area contributed by atoms with Crippen molar-refractivity contribution in [1.29, 1.82) is 0 Å². The van der Waals surface area contributed by atoms with Crippen LogP contribution in [0.3, 0.4) is 0 Å². The molecule has 3 nitrogen and oxygen atoms in total. The molecule has 16 heavy (non-hydrogen) atoms. The maximum Gasteiger partial charge on any atom is 0.233 e. The van der Waals surface area contributed by atoms with Crippen LogP contribution >= 0.6 is 0 Å². The number of rotatable bonds is 5. The Bertz CT molecular complexity index is 366. The Hall–Kier alpha value is -1.42. The van der Waals surface area contributed by atoms with Crippen LogP contribution in [-0.4, -0.2) is 26.0 Å². The summed E-state index contributed by atoms with van der Waals surface area (Å²) in [5.74, 6) is -0.240. The highest BCUT2D eigenvalue weighted by Gasteiger charge is 2.00. The first kappa shape index (κ1) is 12.6. The molecule has 0 bridgehead atoms. The lowest BCUT2D eigenvalue weighted by Gasteiger charge is -2.07. The quantitative estimate of drug-likeness (QED) is 0.733. The third-order valence-corrected chi connectivity index (χ3v) is 2.44. The van der Waals surface area contributed by atoms with Gasteiger partial charge in [-0.1, -0.05) is 6.07 Å². The molecule has 1 aromatic carbocycles. The lowest BCUT2D eigenvalue weighted by atomic mass is 10.1. The van der Waals surface area contributed by atoms with E-state index in [9.17, 15) is 9.18 Å². The number of carbonyl (C=O) groups is 1. The van der Waals surface area contributed by atoms with Gasteiger partial charge in [-0.25, -0.2) is 4.39 Å². The van der Waals surface area contributed by atoms with Crippen molar-refractivity contribution in [2.45, 2.75) is 13.3 Å². The first-order valence-corrected chi connectivity index (χ1v) is 5.30. The van der Waals surface area contributed by atoms with E-state index < -0.39 is 0 Å². The molecule has 0 saturated carbocycles. The van der Waals surface area contributed by atoms with Crippen molar-refractivity contribution in [3.63, 3.8) is 0 Å². The average molecular weight is 224 g/mol. The lowest BCUT2D eigenvalue weighted by molar-refractivity contribution is -0.119. The fraction of sp³-hybridized carbons (Fsp3) is 0.417. The molecule has 4 heteroatoms. The van der Waals surface area contributed by atoms with Gasteiger partial charge < -0.3 is 10.6 Å². The zero-order valence-electron chi connectivity index (χ0n) is 9.64. The summed E-state index contributed by atoms with van der Waals surface area (Å²) in [5.41, 5.74) is 2.05. The van der Waals surface area contributed by atoms with Crippen molar-refractivity contribution >= 4 is 5.91 Å². The fourth-order valence-electron chi connectivity index (χ4n) is 1.45. The van der Waals surface area contributed by atoms with Gasteiger partial charge in [0.2, 0.25) is 5.91 Å². The summed E-state index contributed by atoms with van der Waals surface area (Å²) in [6.07, 6.45) is 0.795. The van der Waals surface area contributed by atoms with E-state index in [2.05, 4.69) is 10.6 Å². The van der Waals surface area contributed by atoms with Crippen molar-refractivity contribution in [2.75, 3.05) is 20.1 Å². The van der Waals surface area contributed by atoms with Gasteiger partial charge in [0.25, 0.3) is 0 Å². The van der Waals surface area contributed by atoms with Crippen molar-refractivity contribution in [2.24, 2.45) is 0 Å².